The molecular formula is C24H17BrN2O8S. The lowest BCUT2D eigenvalue weighted by molar-refractivity contribution is -0.384. The van der Waals surface area contributed by atoms with Gasteiger partial charge in [0.2, 0.25) is 5.76 Å². The average molecular weight is 573 g/mol. The van der Waals surface area contributed by atoms with Crippen LogP contribution in [0.4, 0.5) is 10.5 Å². The Morgan fingerprint density at radius 1 is 1.19 bits per heavy atom. The van der Waals surface area contributed by atoms with Gasteiger partial charge in [0.1, 0.15) is 18.1 Å². The van der Waals surface area contributed by atoms with Crippen molar-refractivity contribution in [3.63, 3.8) is 0 Å². The molecule has 4 rings (SSSR count). The standard InChI is InChI=1S/C24H17BrN2O8S/c1-33-23(29)20-8-6-18(35-20)12-26-22(28)21(36-24(26)30)11-15-10-16(25)5-7-19(15)34-13-14-3-2-4-17(9-14)27(31)32/h2-11H,12-13H2,1H3/b21-11+. The first-order chi connectivity index (χ1) is 17.2. The number of carbonyl (C=O) groups excluding carboxylic acids is 3. The van der Waals surface area contributed by atoms with Crippen LogP contribution in [0.2, 0.25) is 0 Å². The van der Waals surface area contributed by atoms with Crippen LogP contribution in [0.1, 0.15) is 27.4 Å². The summed E-state index contributed by atoms with van der Waals surface area (Å²) in [7, 11) is 1.22. The van der Waals surface area contributed by atoms with Crippen molar-refractivity contribution in [3.05, 3.63) is 96.7 Å². The summed E-state index contributed by atoms with van der Waals surface area (Å²) in [4.78, 5) is 48.8. The second-order valence-corrected chi connectivity index (χ2v) is 9.33. The number of methoxy groups -OCH3 is 1. The molecule has 0 aliphatic carbocycles. The second-order valence-electron chi connectivity index (χ2n) is 7.42. The third-order valence-electron chi connectivity index (χ3n) is 5.01. The lowest BCUT2D eigenvalue weighted by atomic mass is 10.1. The van der Waals surface area contributed by atoms with E-state index in [1.54, 1.807) is 36.4 Å². The Balaban J connectivity index is 1.52. The van der Waals surface area contributed by atoms with Gasteiger partial charge in [-0.25, -0.2) is 4.79 Å². The SMILES string of the molecule is COC(=O)c1ccc(CN2C(=O)S/C(=C/c3cc(Br)ccc3OCc3cccc([N+](=O)[O-])c3)C2=O)o1. The predicted octanol–water partition coefficient (Wildman–Crippen LogP) is 5.55. The van der Waals surface area contributed by atoms with Crippen molar-refractivity contribution in [1.29, 1.82) is 0 Å². The molecular weight excluding hydrogens is 556 g/mol. The highest BCUT2D eigenvalue weighted by Gasteiger charge is 2.36. The number of hydrogen-bond donors (Lipinski definition) is 0. The van der Waals surface area contributed by atoms with Crippen molar-refractivity contribution >= 4 is 56.6 Å². The molecule has 1 aromatic heterocycles. The molecule has 0 spiro atoms. The van der Waals surface area contributed by atoms with Gasteiger partial charge >= 0.3 is 5.97 Å². The van der Waals surface area contributed by atoms with Gasteiger partial charge in [-0.05, 0) is 53.7 Å². The minimum absolute atomic E-state index is 0.0327. The first kappa shape index (κ1) is 25.2. The summed E-state index contributed by atoms with van der Waals surface area (Å²) in [5.41, 5.74) is 1.09. The number of amides is 2. The summed E-state index contributed by atoms with van der Waals surface area (Å²) in [5, 5.41) is 10.5. The Morgan fingerprint density at radius 3 is 2.75 bits per heavy atom. The number of hydrogen-bond acceptors (Lipinski definition) is 9. The predicted molar refractivity (Wildman–Crippen MR) is 133 cm³/mol. The van der Waals surface area contributed by atoms with E-state index in [0.29, 0.717) is 16.9 Å². The van der Waals surface area contributed by atoms with Crippen LogP contribution < -0.4 is 4.74 Å². The first-order valence-electron chi connectivity index (χ1n) is 10.3. The first-order valence-corrected chi connectivity index (χ1v) is 11.9. The zero-order valence-electron chi connectivity index (χ0n) is 18.6. The van der Waals surface area contributed by atoms with Crippen LogP contribution in [0, 0.1) is 10.1 Å². The Bertz CT molecular complexity index is 1400. The molecule has 0 unspecified atom stereocenters. The third-order valence-corrected chi connectivity index (χ3v) is 6.41. The number of rotatable bonds is 8. The van der Waals surface area contributed by atoms with E-state index in [2.05, 4.69) is 20.7 Å². The van der Waals surface area contributed by atoms with Crippen molar-refractivity contribution in [2.45, 2.75) is 13.2 Å². The topological polar surface area (TPSA) is 129 Å². The summed E-state index contributed by atoms with van der Waals surface area (Å²) < 4.78 is 16.6. The molecule has 0 atom stereocenters. The molecule has 1 aliphatic rings. The maximum absolute atomic E-state index is 13.0. The number of thioether (sulfide) groups is 1. The second kappa shape index (κ2) is 10.8. The summed E-state index contributed by atoms with van der Waals surface area (Å²) in [6, 6.07) is 14.2. The lowest BCUT2D eigenvalue weighted by Gasteiger charge is -2.11. The molecule has 1 aliphatic heterocycles. The fraction of sp³-hybridized carbons (Fsp3) is 0.125. The van der Waals surface area contributed by atoms with Crippen LogP contribution >= 0.6 is 27.7 Å². The molecule has 0 saturated carbocycles. The molecule has 12 heteroatoms. The molecule has 0 bridgehead atoms. The molecule has 2 aromatic carbocycles. The van der Waals surface area contributed by atoms with Gasteiger partial charge in [0.25, 0.3) is 16.8 Å². The van der Waals surface area contributed by atoms with Gasteiger partial charge in [-0.3, -0.25) is 24.6 Å². The number of nitro groups is 1. The Hall–Kier alpha value is -3.90. The minimum atomic E-state index is -0.664. The lowest BCUT2D eigenvalue weighted by Crippen LogP contribution is -2.27. The maximum Gasteiger partial charge on any atom is 0.373 e. The number of ether oxygens (including phenoxy) is 2. The molecule has 0 N–H and O–H groups in total. The van der Waals surface area contributed by atoms with Crippen molar-refractivity contribution in [2.75, 3.05) is 7.11 Å². The quantitative estimate of drug-likeness (QED) is 0.147. The van der Waals surface area contributed by atoms with Crippen LogP contribution in [0.5, 0.6) is 5.75 Å². The monoisotopic (exact) mass is 572 g/mol. The van der Waals surface area contributed by atoms with Gasteiger partial charge in [0, 0.05) is 22.2 Å². The summed E-state index contributed by atoms with van der Waals surface area (Å²) in [6.45, 7) is -0.0831. The van der Waals surface area contributed by atoms with Crippen molar-refractivity contribution in [2.24, 2.45) is 0 Å². The molecule has 184 valence electrons. The molecule has 2 heterocycles. The number of non-ortho nitro benzene ring substituents is 1. The van der Waals surface area contributed by atoms with Gasteiger partial charge in [-0.2, -0.15) is 0 Å². The number of imide groups is 1. The number of nitrogens with zero attached hydrogens (tertiary/aromatic N) is 2. The Kier molecular flexibility index (Phi) is 7.55. The van der Waals surface area contributed by atoms with E-state index < -0.39 is 22.0 Å². The number of furan rings is 1. The largest absolute Gasteiger partial charge is 0.488 e. The number of carbonyl (C=O) groups is 3. The maximum atomic E-state index is 13.0. The number of halogens is 1. The van der Waals surface area contributed by atoms with Gasteiger partial charge in [-0.15, -0.1) is 0 Å². The molecule has 1 saturated heterocycles. The zero-order valence-corrected chi connectivity index (χ0v) is 21.0. The fourth-order valence-electron chi connectivity index (χ4n) is 3.29. The molecule has 3 aromatic rings. The number of benzene rings is 2. The smallest absolute Gasteiger partial charge is 0.373 e. The van der Waals surface area contributed by atoms with E-state index >= 15 is 0 Å². The zero-order chi connectivity index (χ0) is 25.8. The summed E-state index contributed by atoms with van der Waals surface area (Å²) in [5.74, 6) is -0.546. The summed E-state index contributed by atoms with van der Waals surface area (Å²) >= 11 is 4.16. The Labute approximate surface area is 217 Å². The van der Waals surface area contributed by atoms with E-state index in [1.165, 1.54) is 31.4 Å². The molecule has 2 amide bonds. The molecule has 36 heavy (non-hydrogen) atoms. The van der Waals surface area contributed by atoms with E-state index in [0.717, 1.165) is 21.1 Å². The van der Waals surface area contributed by atoms with Crippen molar-refractivity contribution in [3.8, 4) is 5.75 Å². The van der Waals surface area contributed by atoms with Gasteiger partial charge in [0.05, 0.1) is 23.5 Å². The highest BCUT2D eigenvalue weighted by molar-refractivity contribution is 9.10. The minimum Gasteiger partial charge on any atom is -0.488 e. The average Bonchev–Trinajstić information content (AvgIpc) is 3.43. The Morgan fingerprint density at radius 2 is 2.00 bits per heavy atom. The fourth-order valence-corrected chi connectivity index (χ4v) is 4.50. The van der Waals surface area contributed by atoms with E-state index in [1.807, 2.05) is 0 Å². The van der Waals surface area contributed by atoms with Gasteiger partial charge < -0.3 is 13.9 Å². The molecule has 10 nitrogen and oxygen atoms in total. The van der Waals surface area contributed by atoms with E-state index in [9.17, 15) is 24.5 Å². The highest BCUT2D eigenvalue weighted by Crippen LogP contribution is 2.36. The highest BCUT2D eigenvalue weighted by atomic mass is 79.9. The van der Waals surface area contributed by atoms with Crippen LogP contribution in [-0.2, 0) is 22.7 Å². The van der Waals surface area contributed by atoms with Crippen molar-refractivity contribution < 1.29 is 33.2 Å². The number of nitro benzene ring substituents is 1. The van der Waals surface area contributed by atoms with Crippen LogP contribution in [0.25, 0.3) is 6.08 Å². The van der Waals surface area contributed by atoms with E-state index in [4.69, 9.17) is 9.15 Å². The van der Waals surface area contributed by atoms with Crippen LogP contribution in [0.15, 0.2) is 68.4 Å². The van der Waals surface area contributed by atoms with Crippen molar-refractivity contribution in [1.82, 2.24) is 4.90 Å². The van der Waals surface area contributed by atoms with Crippen LogP contribution in [0.3, 0.4) is 0 Å². The van der Waals surface area contributed by atoms with Gasteiger partial charge in [-0.1, -0.05) is 28.1 Å². The van der Waals surface area contributed by atoms with E-state index in [-0.39, 0.29) is 35.3 Å². The molecule has 1 fully saturated rings. The molecule has 0 radical (unpaired) electrons. The normalized spacial score (nSPS) is 14.4. The van der Waals surface area contributed by atoms with Crippen LogP contribution in [-0.4, -0.2) is 34.0 Å². The number of esters is 1. The van der Waals surface area contributed by atoms with Gasteiger partial charge in [0.15, 0.2) is 0 Å². The summed E-state index contributed by atoms with van der Waals surface area (Å²) in [6.07, 6.45) is 1.54. The third kappa shape index (κ3) is 5.66.